The molecule has 0 aliphatic rings. The van der Waals surface area contributed by atoms with Gasteiger partial charge in [-0.3, -0.25) is 0 Å². The van der Waals surface area contributed by atoms with Gasteiger partial charge in [0.1, 0.15) is 0 Å². The predicted octanol–water partition coefficient (Wildman–Crippen LogP) is 3.80. The van der Waals surface area contributed by atoms with E-state index in [0.717, 1.165) is 28.9 Å². The number of nitrogens with two attached hydrogens (primary N) is 1. The number of halogens is 3. The zero-order valence-corrected chi connectivity index (χ0v) is 11.7. The Bertz CT molecular complexity index is 591. The SMILES string of the molecule is CN(Cc1ccc(C(F)(F)F)cc1)c1ccccc1CN. The summed E-state index contributed by atoms with van der Waals surface area (Å²) in [6.07, 6.45) is -4.30. The molecular weight excluding hydrogens is 277 g/mol. The van der Waals surface area contributed by atoms with E-state index in [1.807, 2.05) is 36.2 Å². The summed E-state index contributed by atoms with van der Waals surface area (Å²) < 4.78 is 37.6. The van der Waals surface area contributed by atoms with Crippen molar-refractivity contribution in [2.45, 2.75) is 19.3 Å². The zero-order valence-electron chi connectivity index (χ0n) is 11.7. The lowest BCUT2D eigenvalue weighted by Gasteiger charge is -2.22. The van der Waals surface area contributed by atoms with E-state index in [1.165, 1.54) is 12.1 Å². The number of rotatable bonds is 4. The van der Waals surface area contributed by atoms with Crippen LogP contribution in [-0.4, -0.2) is 7.05 Å². The molecule has 2 aromatic carbocycles. The second-order valence-corrected chi connectivity index (χ2v) is 4.88. The molecule has 112 valence electrons. The van der Waals surface area contributed by atoms with E-state index >= 15 is 0 Å². The normalized spacial score (nSPS) is 11.5. The van der Waals surface area contributed by atoms with Gasteiger partial charge in [-0.1, -0.05) is 30.3 Å². The van der Waals surface area contributed by atoms with E-state index < -0.39 is 11.7 Å². The Hall–Kier alpha value is -2.01. The fourth-order valence-corrected chi connectivity index (χ4v) is 2.21. The smallest absolute Gasteiger partial charge is 0.370 e. The van der Waals surface area contributed by atoms with Gasteiger partial charge >= 0.3 is 6.18 Å². The minimum Gasteiger partial charge on any atom is -0.370 e. The minimum atomic E-state index is -4.30. The van der Waals surface area contributed by atoms with Gasteiger partial charge in [0.25, 0.3) is 0 Å². The Kier molecular flexibility index (Phi) is 4.53. The highest BCUT2D eigenvalue weighted by Crippen LogP contribution is 2.29. The van der Waals surface area contributed by atoms with E-state index in [4.69, 9.17) is 5.73 Å². The van der Waals surface area contributed by atoms with E-state index in [1.54, 1.807) is 0 Å². The summed E-state index contributed by atoms with van der Waals surface area (Å²) in [5.41, 5.74) is 7.88. The molecule has 5 heteroatoms. The van der Waals surface area contributed by atoms with Crippen LogP contribution in [0.3, 0.4) is 0 Å². The molecule has 0 saturated carbocycles. The average molecular weight is 294 g/mol. The van der Waals surface area contributed by atoms with Crippen molar-refractivity contribution in [3.8, 4) is 0 Å². The Morgan fingerprint density at radius 3 is 2.19 bits per heavy atom. The van der Waals surface area contributed by atoms with Crippen molar-refractivity contribution in [1.82, 2.24) is 0 Å². The molecule has 0 spiro atoms. The van der Waals surface area contributed by atoms with Gasteiger partial charge in [-0.25, -0.2) is 0 Å². The number of anilines is 1. The van der Waals surface area contributed by atoms with Crippen LogP contribution in [0.5, 0.6) is 0 Å². The summed E-state index contributed by atoms with van der Waals surface area (Å²) in [4.78, 5) is 1.98. The van der Waals surface area contributed by atoms with Crippen LogP contribution in [0.15, 0.2) is 48.5 Å². The van der Waals surface area contributed by atoms with E-state index in [9.17, 15) is 13.2 Å². The summed E-state index contributed by atoms with van der Waals surface area (Å²) in [5.74, 6) is 0. The topological polar surface area (TPSA) is 29.3 Å². The van der Waals surface area contributed by atoms with Gasteiger partial charge in [-0.15, -0.1) is 0 Å². The van der Waals surface area contributed by atoms with Gasteiger partial charge in [0, 0.05) is 25.8 Å². The molecule has 0 saturated heterocycles. The molecule has 0 unspecified atom stereocenters. The van der Waals surface area contributed by atoms with Crippen molar-refractivity contribution in [3.05, 3.63) is 65.2 Å². The largest absolute Gasteiger partial charge is 0.416 e. The van der Waals surface area contributed by atoms with Crippen molar-refractivity contribution in [1.29, 1.82) is 0 Å². The van der Waals surface area contributed by atoms with Gasteiger partial charge in [0.05, 0.1) is 5.56 Å². The number of hydrogen-bond acceptors (Lipinski definition) is 2. The predicted molar refractivity (Wildman–Crippen MR) is 77.9 cm³/mol. The van der Waals surface area contributed by atoms with Gasteiger partial charge in [-0.2, -0.15) is 13.2 Å². The van der Waals surface area contributed by atoms with Crippen LogP contribution in [0, 0.1) is 0 Å². The van der Waals surface area contributed by atoms with Crippen LogP contribution in [0.4, 0.5) is 18.9 Å². The quantitative estimate of drug-likeness (QED) is 0.929. The van der Waals surface area contributed by atoms with Crippen molar-refractivity contribution in [3.63, 3.8) is 0 Å². The molecule has 0 bridgehead atoms. The van der Waals surface area contributed by atoms with Crippen LogP contribution >= 0.6 is 0 Å². The van der Waals surface area contributed by atoms with Gasteiger partial charge in [0.15, 0.2) is 0 Å². The maximum atomic E-state index is 12.5. The summed E-state index contributed by atoms with van der Waals surface area (Å²) in [5, 5.41) is 0. The van der Waals surface area contributed by atoms with Crippen molar-refractivity contribution in [2.75, 3.05) is 11.9 Å². The summed E-state index contributed by atoms with van der Waals surface area (Å²) in [7, 11) is 1.90. The number of nitrogens with zero attached hydrogens (tertiary/aromatic N) is 1. The molecule has 2 rings (SSSR count). The number of para-hydroxylation sites is 1. The maximum Gasteiger partial charge on any atom is 0.416 e. The molecule has 2 N–H and O–H groups in total. The highest BCUT2D eigenvalue weighted by molar-refractivity contribution is 5.53. The summed E-state index contributed by atoms with van der Waals surface area (Å²) >= 11 is 0. The lowest BCUT2D eigenvalue weighted by molar-refractivity contribution is -0.137. The molecule has 21 heavy (non-hydrogen) atoms. The molecule has 0 aromatic heterocycles. The fourth-order valence-electron chi connectivity index (χ4n) is 2.21. The first-order valence-electron chi connectivity index (χ1n) is 6.57. The van der Waals surface area contributed by atoms with Crippen molar-refractivity contribution >= 4 is 5.69 Å². The minimum absolute atomic E-state index is 0.424. The number of alkyl halides is 3. The molecule has 0 amide bonds. The molecule has 0 heterocycles. The molecule has 0 fully saturated rings. The van der Waals surface area contributed by atoms with Crippen LogP contribution in [0.25, 0.3) is 0 Å². The third kappa shape index (κ3) is 3.76. The monoisotopic (exact) mass is 294 g/mol. The van der Waals surface area contributed by atoms with Gasteiger partial charge in [0.2, 0.25) is 0 Å². The third-order valence-corrected chi connectivity index (χ3v) is 3.32. The Morgan fingerprint density at radius 1 is 1.00 bits per heavy atom. The van der Waals surface area contributed by atoms with E-state index in [0.29, 0.717) is 13.1 Å². The highest BCUT2D eigenvalue weighted by atomic mass is 19.4. The summed E-state index contributed by atoms with van der Waals surface area (Å²) in [6, 6.07) is 12.9. The molecule has 0 radical (unpaired) electrons. The first-order chi connectivity index (χ1) is 9.91. The standard InChI is InChI=1S/C16H17F3N2/c1-21(15-5-3-2-4-13(15)10-20)11-12-6-8-14(9-7-12)16(17,18)19/h2-9H,10-11,20H2,1H3. The van der Waals surface area contributed by atoms with E-state index in [-0.39, 0.29) is 0 Å². The fraction of sp³-hybridized carbons (Fsp3) is 0.250. The Balaban J connectivity index is 2.14. The molecule has 0 aliphatic carbocycles. The lowest BCUT2D eigenvalue weighted by atomic mass is 10.1. The average Bonchev–Trinajstić information content (AvgIpc) is 2.46. The molecule has 0 aliphatic heterocycles. The number of hydrogen-bond donors (Lipinski definition) is 1. The lowest BCUT2D eigenvalue weighted by Crippen LogP contribution is -2.19. The van der Waals surface area contributed by atoms with Crippen LogP contribution in [0.2, 0.25) is 0 Å². The first-order valence-corrected chi connectivity index (χ1v) is 6.57. The molecule has 0 atom stereocenters. The molecule has 2 nitrogen and oxygen atoms in total. The van der Waals surface area contributed by atoms with Crippen molar-refractivity contribution in [2.24, 2.45) is 5.73 Å². The van der Waals surface area contributed by atoms with Gasteiger partial charge < -0.3 is 10.6 Å². The molecular formula is C16H17F3N2. The van der Waals surface area contributed by atoms with Gasteiger partial charge in [-0.05, 0) is 29.3 Å². The molecule has 2 aromatic rings. The summed E-state index contributed by atoms with van der Waals surface area (Å²) in [6.45, 7) is 0.947. The van der Waals surface area contributed by atoms with Crippen molar-refractivity contribution < 1.29 is 13.2 Å². The highest BCUT2D eigenvalue weighted by Gasteiger charge is 2.29. The van der Waals surface area contributed by atoms with E-state index in [2.05, 4.69) is 0 Å². The van der Waals surface area contributed by atoms with Crippen LogP contribution in [0.1, 0.15) is 16.7 Å². The van der Waals surface area contributed by atoms with Crippen LogP contribution in [-0.2, 0) is 19.3 Å². The second kappa shape index (κ2) is 6.18. The third-order valence-electron chi connectivity index (χ3n) is 3.32. The Labute approximate surface area is 122 Å². The second-order valence-electron chi connectivity index (χ2n) is 4.88. The van der Waals surface area contributed by atoms with Crippen LogP contribution < -0.4 is 10.6 Å². The maximum absolute atomic E-state index is 12.5. The zero-order chi connectivity index (χ0) is 15.5. The first kappa shape index (κ1) is 15.4. The Morgan fingerprint density at radius 2 is 1.62 bits per heavy atom. The number of benzene rings is 2.